The topological polar surface area (TPSA) is 88.8 Å². The lowest BCUT2D eigenvalue weighted by molar-refractivity contribution is 0.0927. The van der Waals surface area contributed by atoms with Crippen molar-refractivity contribution < 1.29 is 9.18 Å². The molecule has 8 nitrogen and oxygen atoms in total. The fourth-order valence-electron chi connectivity index (χ4n) is 3.35. The number of aromatic nitrogens is 5. The quantitative estimate of drug-likeness (QED) is 0.743. The van der Waals surface area contributed by atoms with Crippen LogP contribution in [0.2, 0.25) is 0 Å². The Morgan fingerprint density at radius 3 is 2.71 bits per heavy atom. The molecule has 1 aromatic carbocycles. The van der Waals surface area contributed by atoms with Gasteiger partial charge in [-0.2, -0.15) is 0 Å². The lowest BCUT2D eigenvalue weighted by atomic mass is 10.1. The molecule has 0 bridgehead atoms. The molecule has 4 rings (SSSR count). The van der Waals surface area contributed by atoms with Crippen LogP contribution in [-0.2, 0) is 0 Å². The summed E-state index contributed by atoms with van der Waals surface area (Å²) in [5, 5.41) is 11.1. The molecule has 3 heterocycles. The highest BCUT2D eigenvalue weighted by Gasteiger charge is 2.25. The molecule has 1 atom stereocenters. The van der Waals surface area contributed by atoms with Crippen molar-refractivity contribution in [3.05, 3.63) is 59.9 Å². The third kappa shape index (κ3) is 3.68. The summed E-state index contributed by atoms with van der Waals surface area (Å²) in [6, 6.07) is 7.63. The van der Waals surface area contributed by atoms with Gasteiger partial charge in [-0.15, -0.1) is 5.10 Å². The van der Waals surface area contributed by atoms with Crippen LogP contribution >= 0.6 is 0 Å². The Balaban J connectivity index is 1.46. The van der Waals surface area contributed by atoms with Crippen molar-refractivity contribution >= 4 is 11.9 Å². The van der Waals surface area contributed by atoms with Crippen molar-refractivity contribution in [2.45, 2.75) is 25.8 Å². The van der Waals surface area contributed by atoms with E-state index in [1.807, 2.05) is 0 Å². The largest absolute Gasteiger partial charge is 0.346 e. The van der Waals surface area contributed by atoms with E-state index in [0.717, 1.165) is 19.4 Å². The second-order valence-electron chi connectivity index (χ2n) is 6.72. The Morgan fingerprint density at radius 1 is 1.21 bits per heavy atom. The van der Waals surface area contributed by atoms with E-state index in [9.17, 15) is 9.18 Å². The monoisotopic (exact) mass is 381 g/mol. The zero-order chi connectivity index (χ0) is 19.5. The summed E-state index contributed by atoms with van der Waals surface area (Å²) in [6.07, 6.45) is 5.23. The molecule has 1 fully saturated rings. The minimum atomic E-state index is -0.330. The predicted octanol–water partition coefficient (Wildman–Crippen LogP) is 1.90. The summed E-state index contributed by atoms with van der Waals surface area (Å²) in [4.78, 5) is 23.4. The number of nitrogens with zero attached hydrogens (tertiary/aromatic N) is 6. The first kappa shape index (κ1) is 18.0. The van der Waals surface area contributed by atoms with Crippen molar-refractivity contribution in [1.82, 2.24) is 30.3 Å². The lowest BCUT2D eigenvalue weighted by Crippen LogP contribution is -2.48. The van der Waals surface area contributed by atoms with Gasteiger partial charge in [0, 0.05) is 31.5 Å². The smallest absolute Gasteiger partial charge is 0.274 e. The molecule has 1 aliphatic heterocycles. The first-order valence-corrected chi connectivity index (χ1v) is 9.13. The maximum Gasteiger partial charge on any atom is 0.274 e. The van der Waals surface area contributed by atoms with Gasteiger partial charge in [0.1, 0.15) is 5.82 Å². The van der Waals surface area contributed by atoms with Crippen LogP contribution in [0.3, 0.4) is 0 Å². The van der Waals surface area contributed by atoms with Crippen molar-refractivity contribution in [3.63, 3.8) is 0 Å². The number of hydrogen-bond acceptors (Lipinski definition) is 6. The van der Waals surface area contributed by atoms with Crippen molar-refractivity contribution in [2.24, 2.45) is 0 Å². The molecule has 1 N–H and O–H groups in total. The minimum absolute atomic E-state index is 0.0274. The van der Waals surface area contributed by atoms with Gasteiger partial charge in [-0.05, 0) is 50.1 Å². The van der Waals surface area contributed by atoms with E-state index in [2.05, 4.69) is 30.5 Å². The Labute approximate surface area is 161 Å². The number of benzene rings is 1. The van der Waals surface area contributed by atoms with Crippen LogP contribution in [0.5, 0.6) is 0 Å². The summed E-state index contributed by atoms with van der Waals surface area (Å²) in [7, 11) is 0. The maximum atomic E-state index is 13.1. The molecule has 144 valence electrons. The van der Waals surface area contributed by atoms with Gasteiger partial charge >= 0.3 is 0 Å². The highest BCUT2D eigenvalue weighted by atomic mass is 19.1. The van der Waals surface area contributed by atoms with Gasteiger partial charge in [-0.25, -0.2) is 19.0 Å². The summed E-state index contributed by atoms with van der Waals surface area (Å²) in [5.41, 5.74) is 1.51. The van der Waals surface area contributed by atoms with Gasteiger partial charge in [-0.3, -0.25) is 4.79 Å². The van der Waals surface area contributed by atoms with E-state index >= 15 is 0 Å². The van der Waals surface area contributed by atoms with Crippen molar-refractivity contribution in [3.8, 4) is 5.69 Å². The summed E-state index contributed by atoms with van der Waals surface area (Å²) in [6.45, 7) is 3.26. The molecule has 28 heavy (non-hydrogen) atoms. The van der Waals surface area contributed by atoms with Gasteiger partial charge in [0.2, 0.25) is 5.95 Å². The third-order valence-electron chi connectivity index (χ3n) is 4.77. The van der Waals surface area contributed by atoms with E-state index in [4.69, 9.17) is 0 Å². The molecule has 3 aromatic rings. The van der Waals surface area contributed by atoms with Crippen LogP contribution in [0, 0.1) is 12.7 Å². The zero-order valence-electron chi connectivity index (χ0n) is 15.4. The first-order chi connectivity index (χ1) is 13.6. The van der Waals surface area contributed by atoms with E-state index < -0.39 is 0 Å². The fourth-order valence-corrected chi connectivity index (χ4v) is 3.35. The van der Waals surface area contributed by atoms with Gasteiger partial charge in [0.25, 0.3) is 5.91 Å². The molecule has 1 aliphatic rings. The van der Waals surface area contributed by atoms with E-state index in [0.29, 0.717) is 23.9 Å². The van der Waals surface area contributed by atoms with Crippen LogP contribution in [0.15, 0.2) is 42.7 Å². The highest BCUT2D eigenvalue weighted by Crippen LogP contribution is 2.17. The number of anilines is 1. The molecule has 0 radical (unpaired) electrons. The third-order valence-corrected chi connectivity index (χ3v) is 4.77. The second-order valence-corrected chi connectivity index (χ2v) is 6.72. The van der Waals surface area contributed by atoms with E-state index in [1.165, 1.54) is 16.8 Å². The zero-order valence-corrected chi connectivity index (χ0v) is 15.4. The fraction of sp³-hybridized carbons (Fsp3) is 0.316. The molecular weight excluding hydrogens is 361 g/mol. The molecule has 2 aromatic heterocycles. The normalized spacial score (nSPS) is 16.8. The van der Waals surface area contributed by atoms with Gasteiger partial charge in [-0.1, -0.05) is 5.21 Å². The predicted molar refractivity (Wildman–Crippen MR) is 101 cm³/mol. The van der Waals surface area contributed by atoms with Gasteiger partial charge in [0.05, 0.1) is 11.4 Å². The van der Waals surface area contributed by atoms with Gasteiger partial charge in [0.15, 0.2) is 5.69 Å². The summed E-state index contributed by atoms with van der Waals surface area (Å²) >= 11 is 0. The van der Waals surface area contributed by atoms with Crippen LogP contribution in [0.25, 0.3) is 5.69 Å². The number of amides is 1. The Bertz CT molecular complexity index is 958. The first-order valence-electron chi connectivity index (χ1n) is 9.13. The number of carbonyl (C=O) groups excluding carboxylic acids is 1. The molecule has 9 heteroatoms. The molecule has 0 aliphatic carbocycles. The number of rotatable bonds is 4. The van der Waals surface area contributed by atoms with Crippen molar-refractivity contribution in [1.29, 1.82) is 0 Å². The molecule has 0 saturated carbocycles. The highest BCUT2D eigenvalue weighted by molar-refractivity contribution is 5.93. The van der Waals surface area contributed by atoms with Crippen LogP contribution in [-0.4, -0.2) is 50.0 Å². The number of hydrogen-bond donors (Lipinski definition) is 1. The van der Waals surface area contributed by atoms with Gasteiger partial charge < -0.3 is 10.2 Å². The Hall–Kier alpha value is -3.36. The summed E-state index contributed by atoms with van der Waals surface area (Å²) < 4.78 is 14.7. The molecule has 1 saturated heterocycles. The Morgan fingerprint density at radius 2 is 1.96 bits per heavy atom. The second kappa shape index (κ2) is 7.71. The van der Waals surface area contributed by atoms with Crippen LogP contribution in [0.4, 0.5) is 10.3 Å². The number of halogens is 1. The number of piperidine rings is 1. The van der Waals surface area contributed by atoms with E-state index in [-0.39, 0.29) is 23.5 Å². The maximum absolute atomic E-state index is 13.1. The average molecular weight is 381 g/mol. The SMILES string of the molecule is Cc1c(C(=O)NC2CCCN(c3ncccn3)C2)nnn1-c1ccc(F)cc1. The van der Waals surface area contributed by atoms with Crippen LogP contribution < -0.4 is 10.2 Å². The van der Waals surface area contributed by atoms with E-state index in [1.54, 1.807) is 37.5 Å². The standard InChI is InChI=1S/C19H20FN7O/c1-13-17(24-25-27(13)16-7-5-14(20)6-8-16)18(28)23-15-4-2-11-26(12-15)19-21-9-3-10-22-19/h3,5-10,15H,2,4,11-12H2,1H3,(H,23,28). The van der Waals surface area contributed by atoms with Crippen molar-refractivity contribution in [2.75, 3.05) is 18.0 Å². The van der Waals surface area contributed by atoms with Crippen LogP contribution in [0.1, 0.15) is 29.0 Å². The molecule has 1 unspecified atom stereocenters. The lowest BCUT2D eigenvalue weighted by Gasteiger charge is -2.32. The minimum Gasteiger partial charge on any atom is -0.346 e. The molecular formula is C19H20FN7O. The molecule has 1 amide bonds. The summed E-state index contributed by atoms with van der Waals surface area (Å²) in [5.74, 6) is 0.0651. The molecule has 0 spiro atoms. The number of nitrogens with one attached hydrogen (secondary N) is 1. The Kier molecular flexibility index (Phi) is 4.96. The number of carbonyl (C=O) groups is 1. The average Bonchev–Trinajstić information content (AvgIpc) is 3.11.